The summed E-state index contributed by atoms with van der Waals surface area (Å²) in [6, 6.07) is 15.7. The molecule has 0 radical (unpaired) electrons. The summed E-state index contributed by atoms with van der Waals surface area (Å²) in [6.07, 6.45) is 4.91. The molecular weight excluding hydrogens is 440 g/mol. The Labute approximate surface area is 191 Å². The summed E-state index contributed by atoms with van der Waals surface area (Å²) in [5.74, 6) is 0.684. The average Bonchev–Trinajstić information content (AvgIpc) is 3.21. The van der Waals surface area contributed by atoms with E-state index < -0.39 is 10.1 Å². The van der Waals surface area contributed by atoms with Crippen LogP contribution in [0, 0.1) is 18.3 Å². The zero-order valence-corrected chi connectivity index (χ0v) is 19.0. The molecule has 0 bridgehead atoms. The summed E-state index contributed by atoms with van der Waals surface area (Å²) < 4.78 is 36.8. The minimum Gasteiger partial charge on any atom is -0.497 e. The number of nitriles is 1. The monoisotopic (exact) mass is 460 g/mol. The molecule has 0 atom stereocenters. The topological polar surface area (TPSA) is 107 Å². The van der Waals surface area contributed by atoms with Gasteiger partial charge in [0.05, 0.1) is 24.6 Å². The van der Waals surface area contributed by atoms with Crippen molar-refractivity contribution in [3.63, 3.8) is 0 Å². The van der Waals surface area contributed by atoms with Gasteiger partial charge in [-0.05, 0) is 55.0 Å². The molecule has 0 amide bonds. The number of nitrogens with zero attached hydrogens (tertiary/aromatic N) is 4. The van der Waals surface area contributed by atoms with E-state index in [4.69, 9.17) is 9.02 Å². The number of ether oxygens (including phenoxy) is 1. The van der Waals surface area contributed by atoms with Gasteiger partial charge in [-0.2, -0.15) is 18.8 Å². The van der Waals surface area contributed by atoms with E-state index in [0.29, 0.717) is 33.7 Å². The Morgan fingerprint density at radius 1 is 1.09 bits per heavy atom. The molecule has 0 N–H and O–H groups in total. The van der Waals surface area contributed by atoms with Gasteiger partial charge in [-0.3, -0.25) is 8.97 Å². The fourth-order valence-corrected chi connectivity index (χ4v) is 4.17. The van der Waals surface area contributed by atoms with Gasteiger partial charge in [0.15, 0.2) is 0 Å². The molecule has 0 aliphatic heterocycles. The van der Waals surface area contributed by atoms with Crippen molar-refractivity contribution in [1.82, 2.24) is 9.78 Å². The molecule has 0 fully saturated rings. The predicted octanol–water partition coefficient (Wildman–Crippen LogP) is 3.85. The van der Waals surface area contributed by atoms with Crippen molar-refractivity contribution in [3.05, 3.63) is 89.3 Å². The van der Waals surface area contributed by atoms with Crippen molar-refractivity contribution in [3.8, 4) is 11.8 Å². The van der Waals surface area contributed by atoms with Crippen LogP contribution in [0.1, 0.15) is 22.4 Å². The Hall–Kier alpha value is -4.16. The second-order valence-corrected chi connectivity index (χ2v) is 8.84. The van der Waals surface area contributed by atoms with Crippen molar-refractivity contribution < 1.29 is 17.4 Å². The number of aromatic nitrogens is 2. The van der Waals surface area contributed by atoms with E-state index in [1.165, 1.54) is 12.1 Å². The van der Waals surface area contributed by atoms with Gasteiger partial charge < -0.3 is 4.74 Å². The van der Waals surface area contributed by atoms with Gasteiger partial charge in [0.2, 0.25) is 0 Å². The number of methoxy groups -OCH3 is 1. The maximum absolute atomic E-state index is 12.5. The minimum absolute atomic E-state index is 0.00864. The standard InChI is InChI=1S/C24H20N4O4S/c1-16-4-10-19(11-5-16)33(29,30)32-27-23-13-12-20(22-15-26-28(2)24(22)23)21(14-25)17-6-8-18(31-3)9-7-17/h4-13,15H,1-3H3/b21-20-,27-23+. The highest BCUT2D eigenvalue weighted by Gasteiger charge is 2.25. The Kier molecular flexibility index (Phi) is 5.85. The maximum Gasteiger partial charge on any atom is 0.358 e. The van der Waals surface area contributed by atoms with Gasteiger partial charge in [-0.25, -0.2) is 0 Å². The molecular formula is C24H20N4O4S. The van der Waals surface area contributed by atoms with Crippen LogP contribution >= 0.6 is 0 Å². The van der Waals surface area contributed by atoms with E-state index in [-0.39, 0.29) is 10.6 Å². The van der Waals surface area contributed by atoms with Crippen LogP contribution in [0.25, 0.3) is 11.1 Å². The van der Waals surface area contributed by atoms with E-state index in [1.807, 2.05) is 6.92 Å². The van der Waals surface area contributed by atoms with Gasteiger partial charge in [-0.15, -0.1) is 0 Å². The van der Waals surface area contributed by atoms with E-state index in [0.717, 1.165) is 5.56 Å². The van der Waals surface area contributed by atoms with Gasteiger partial charge in [-0.1, -0.05) is 28.9 Å². The highest BCUT2D eigenvalue weighted by atomic mass is 32.2. The van der Waals surface area contributed by atoms with Crippen LogP contribution in [-0.4, -0.2) is 31.0 Å². The Balaban J connectivity index is 1.74. The summed E-state index contributed by atoms with van der Waals surface area (Å²) in [6.45, 7) is 1.86. The molecule has 1 aliphatic rings. The maximum atomic E-state index is 12.5. The lowest BCUT2D eigenvalue weighted by atomic mass is 9.90. The first kappa shape index (κ1) is 22.0. The Bertz CT molecular complexity index is 1440. The minimum atomic E-state index is -4.09. The fraction of sp³-hybridized carbons (Fsp3) is 0.125. The second kappa shape index (κ2) is 8.76. The first-order valence-corrected chi connectivity index (χ1v) is 11.3. The molecule has 166 valence electrons. The summed E-state index contributed by atoms with van der Waals surface area (Å²) in [7, 11) is -0.803. The van der Waals surface area contributed by atoms with E-state index in [9.17, 15) is 13.7 Å². The van der Waals surface area contributed by atoms with Gasteiger partial charge >= 0.3 is 10.1 Å². The van der Waals surface area contributed by atoms with Crippen LogP contribution in [0.15, 0.2) is 76.9 Å². The van der Waals surface area contributed by atoms with Crippen molar-refractivity contribution in [2.75, 3.05) is 7.11 Å². The van der Waals surface area contributed by atoms with Crippen molar-refractivity contribution in [1.29, 1.82) is 5.26 Å². The average molecular weight is 461 g/mol. The SMILES string of the molecule is COc1ccc(/C(C#N)=C2C=C/C(=N\OS(=O)(=O)c3ccc(C)cc3)c3c/2cnn3C)cc1. The number of fused-ring (bicyclic) bond motifs is 1. The van der Waals surface area contributed by atoms with E-state index in [2.05, 4.69) is 16.3 Å². The first-order chi connectivity index (χ1) is 15.8. The molecule has 1 aliphatic carbocycles. The van der Waals surface area contributed by atoms with Crippen LogP contribution in [0.5, 0.6) is 5.75 Å². The number of allylic oxidation sites excluding steroid dienone is 4. The number of oxime groups is 1. The predicted molar refractivity (Wildman–Crippen MR) is 124 cm³/mol. The third-order valence-corrected chi connectivity index (χ3v) is 6.30. The van der Waals surface area contributed by atoms with E-state index >= 15 is 0 Å². The lowest BCUT2D eigenvalue weighted by Crippen LogP contribution is -2.13. The summed E-state index contributed by atoms with van der Waals surface area (Å²) >= 11 is 0. The molecule has 1 heterocycles. The summed E-state index contributed by atoms with van der Waals surface area (Å²) in [4.78, 5) is 0.00864. The molecule has 4 rings (SSSR count). The number of hydrogen-bond acceptors (Lipinski definition) is 7. The number of rotatable bonds is 5. The molecule has 0 saturated heterocycles. The zero-order chi connectivity index (χ0) is 23.6. The Morgan fingerprint density at radius 2 is 1.79 bits per heavy atom. The van der Waals surface area contributed by atoms with Crippen LogP contribution in [0.4, 0.5) is 0 Å². The number of benzene rings is 2. The van der Waals surface area contributed by atoms with Crippen molar-refractivity contribution in [2.45, 2.75) is 11.8 Å². The van der Waals surface area contributed by atoms with Crippen molar-refractivity contribution >= 4 is 27.0 Å². The van der Waals surface area contributed by atoms with Crippen molar-refractivity contribution in [2.24, 2.45) is 12.2 Å². The Morgan fingerprint density at radius 3 is 2.42 bits per heavy atom. The van der Waals surface area contributed by atoms with Gasteiger partial charge in [0.25, 0.3) is 0 Å². The highest BCUT2D eigenvalue weighted by Crippen LogP contribution is 2.33. The normalized spacial score (nSPS) is 15.6. The third-order valence-electron chi connectivity index (χ3n) is 5.18. The molecule has 0 saturated carbocycles. The van der Waals surface area contributed by atoms with Crippen LogP contribution in [-0.2, 0) is 21.4 Å². The molecule has 0 spiro atoms. The number of hydrogen-bond donors (Lipinski definition) is 0. The quantitative estimate of drug-likeness (QED) is 0.423. The lowest BCUT2D eigenvalue weighted by molar-refractivity contribution is 0.339. The van der Waals surface area contributed by atoms with Gasteiger partial charge in [0.1, 0.15) is 22.4 Å². The summed E-state index contributed by atoms with van der Waals surface area (Å²) in [5.41, 5.74) is 4.18. The lowest BCUT2D eigenvalue weighted by Gasteiger charge is -2.14. The molecule has 3 aromatic rings. The smallest absolute Gasteiger partial charge is 0.358 e. The highest BCUT2D eigenvalue weighted by molar-refractivity contribution is 7.86. The second-order valence-electron chi connectivity index (χ2n) is 7.31. The molecule has 0 unspecified atom stereocenters. The first-order valence-electron chi connectivity index (χ1n) is 9.92. The third kappa shape index (κ3) is 4.29. The molecule has 9 heteroatoms. The largest absolute Gasteiger partial charge is 0.497 e. The van der Waals surface area contributed by atoms with Gasteiger partial charge in [0, 0.05) is 18.2 Å². The fourth-order valence-electron chi connectivity index (χ4n) is 3.44. The molecule has 1 aromatic heterocycles. The van der Waals surface area contributed by atoms with Crippen LogP contribution < -0.4 is 4.74 Å². The molecule has 8 nitrogen and oxygen atoms in total. The summed E-state index contributed by atoms with van der Waals surface area (Å²) in [5, 5.41) is 18.1. The number of aryl methyl sites for hydroxylation is 2. The van der Waals surface area contributed by atoms with E-state index in [1.54, 1.807) is 73.6 Å². The van der Waals surface area contributed by atoms with Crippen LogP contribution in [0.2, 0.25) is 0 Å². The zero-order valence-electron chi connectivity index (χ0n) is 18.2. The van der Waals surface area contributed by atoms with Crippen LogP contribution in [0.3, 0.4) is 0 Å². The molecule has 33 heavy (non-hydrogen) atoms. The molecule has 2 aromatic carbocycles.